The van der Waals surface area contributed by atoms with Crippen molar-refractivity contribution >= 4 is 53.6 Å². The average Bonchev–Trinajstić information content (AvgIpc) is 2.68. The lowest BCUT2D eigenvalue weighted by atomic mass is 9.97. The van der Waals surface area contributed by atoms with Crippen LogP contribution in [0.15, 0.2) is 25.6 Å². The van der Waals surface area contributed by atoms with Gasteiger partial charge in [0.1, 0.15) is 0 Å². The van der Waals surface area contributed by atoms with Gasteiger partial charge in [-0.15, -0.1) is 0 Å². The number of rotatable bonds is 7. The van der Waals surface area contributed by atoms with Crippen molar-refractivity contribution in [3.05, 3.63) is 42.2 Å². The summed E-state index contributed by atoms with van der Waals surface area (Å²) in [5.41, 5.74) is 0.972. The molecule has 0 aliphatic carbocycles. The SMILES string of the molecule is COc1cc(C(=O)c2c(CO)cc(OC)c(OC)c2Br)c(Br)c(Br)c1OC. The first-order chi connectivity index (χ1) is 12.9. The Morgan fingerprint density at radius 3 is 1.85 bits per heavy atom. The highest BCUT2D eigenvalue weighted by atomic mass is 79.9. The van der Waals surface area contributed by atoms with Crippen LogP contribution in [0.3, 0.4) is 0 Å². The second-order valence-corrected chi connectivity index (χ2v) is 7.61. The van der Waals surface area contributed by atoms with Crippen LogP contribution >= 0.6 is 47.8 Å². The summed E-state index contributed by atoms with van der Waals surface area (Å²) in [6.45, 7) is -0.355. The molecule has 0 amide bonds. The molecule has 0 fully saturated rings. The summed E-state index contributed by atoms with van der Waals surface area (Å²) in [7, 11) is 5.94. The van der Waals surface area contributed by atoms with Crippen molar-refractivity contribution in [1.82, 2.24) is 0 Å². The molecule has 0 heterocycles. The monoisotopic (exact) mass is 566 g/mol. The van der Waals surface area contributed by atoms with E-state index in [1.54, 1.807) is 12.1 Å². The van der Waals surface area contributed by atoms with Gasteiger partial charge < -0.3 is 24.1 Å². The molecule has 0 saturated heterocycles. The van der Waals surface area contributed by atoms with E-state index in [2.05, 4.69) is 47.8 Å². The molecule has 146 valence electrons. The number of hydrogen-bond donors (Lipinski definition) is 1. The number of aliphatic hydroxyl groups excluding tert-OH is 1. The summed E-state index contributed by atoms with van der Waals surface area (Å²) < 4.78 is 22.7. The van der Waals surface area contributed by atoms with Crippen LogP contribution in [0.5, 0.6) is 23.0 Å². The van der Waals surface area contributed by atoms with Crippen molar-refractivity contribution in [2.75, 3.05) is 28.4 Å². The molecule has 0 spiro atoms. The van der Waals surface area contributed by atoms with E-state index in [1.807, 2.05) is 0 Å². The molecule has 9 heteroatoms. The second-order valence-electron chi connectivity index (χ2n) is 5.24. The molecule has 0 unspecified atom stereocenters. The van der Waals surface area contributed by atoms with Gasteiger partial charge in [-0.25, -0.2) is 0 Å². The molecular weight excluding hydrogens is 552 g/mol. The molecule has 0 atom stereocenters. The van der Waals surface area contributed by atoms with Crippen LogP contribution in [0.4, 0.5) is 0 Å². The molecule has 6 nitrogen and oxygen atoms in total. The first kappa shape index (κ1) is 22.0. The lowest BCUT2D eigenvalue weighted by Gasteiger charge is -2.18. The summed E-state index contributed by atoms with van der Waals surface area (Å²) in [4.78, 5) is 13.4. The van der Waals surface area contributed by atoms with Gasteiger partial charge in [0.2, 0.25) is 0 Å². The van der Waals surface area contributed by atoms with Crippen LogP contribution in [0, 0.1) is 0 Å². The summed E-state index contributed by atoms with van der Waals surface area (Å²) in [5.74, 6) is 1.25. The van der Waals surface area contributed by atoms with Gasteiger partial charge in [-0.1, -0.05) is 0 Å². The lowest BCUT2D eigenvalue weighted by Crippen LogP contribution is -2.10. The largest absolute Gasteiger partial charge is 0.493 e. The number of carbonyl (C=O) groups excluding carboxylic acids is 1. The molecule has 0 aliphatic rings. The summed E-state index contributed by atoms with van der Waals surface area (Å²) >= 11 is 10.3. The van der Waals surface area contributed by atoms with Gasteiger partial charge in [-0.3, -0.25) is 4.79 Å². The van der Waals surface area contributed by atoms with E-state index >= 15 is 0 Å². The van der Waals surface area contributed by atoms with E-state index in [0.29, 0.717) is 47.5 Å². The van der Waals surface area contributed by atoms with E-state index in [9.17, 15) is 9.90 Å². The number of methoxy groups -OCH3 is 4. The van der Waals surface area contributed by atoms with Crippen molar-refractivity contribution in [2.24, 2.45) is 0 Å². The number of ketones is 1. The van der Waals surface area contributed by atoms with Crippen molar-refractivity contribution in [2.45, 2.75) is 6.61 Å². The van der Waals surface area contributed by atoms with E-state index in [0.717, 1.165) is 0 Å². The normalized spacial score (nSPS) is 10.5. The maximum atomic E-state index is 13.4. The van der Waals surface area contributed by atoms with Crippen LogP contribution < -0.4 is 18.9 Å². The third kappa shape index (κ3) is 3.96. The Labute approximate surface area is 182 Å². The van der Waals surface area contributed by atoms with Crippen molar-refractivity contribution in [1.29, 1.82) is 0 Å². The van der Waals surface area contributed by atoms with Crippen LogP contribution in [0.25, 0.3) is 0 Å². The van der Waals surface area contributed by atoms with Gasteiger partial charge in [0.05, 0.1) is 44.0 Å². The highest BCUT2D eigenvalue weighted by Gasteiger charge is 2.27. The summed E-state index contributed by atoms with van der Waals surface area (Å²) in [5, 5.41) is 9.79. The number of hydrogen-bond acceptors (Lipinski definition) is 6. The van der Waals surface area contributed by atoms with E-state index in [1.165, 1.54) is 28.4 Å². The minimum Gasteiger partial charge on any atom is -0.493 e. The van der Waals surface area contributed by atoms with Gasteiger partial charge in [-0.2, -0.15) is 0 Å². The quantitative estimate of drug-likeness (QED) is 0.487. The number of halogens is 3. The molecule has 2 aromatic rings. The standard InChI is InChI=1S/C18H17Br3O6/c1-24-10-5-8(7-22)12(14(20)17(10)26-3)16(23)9-6-11(25-2)18(27-4)15(21)13(9)19/h5-6,22H,7H2,1-4H3. The predicted molar refractivity (Wildman–Crippen MR) is 112 cm³/mol. The molecule has 0 bridgehead atoms. The van der Waals surface area contributed by atoms with Gasteiger partial charge in [0.25, 0.3) is 0 Å². The zero-order valence-corrected chi connectivity index (χ0v) is 19.7. The topological polar surface area (TPSA) is 74.2 Å². The fourth-order valence-corrected chi connectivity index (χ4v) is 4.44. The molecule has 2 rings (SSSR count). The van der Waals surface area contributed by atoms with Gasteiger partial charge >= 0.3 is 0 Å². The minimum atomic E-state index is -0.355. The number of aliphatic hydroxyl groups is 1. The first-order valence-corrected chi connectivity index (χ1v) is 9.92. The lowest BCUT2D eigenvalue weighted by molar-refractivity contribution is 0.103. The van der Waals surface area contributed by atoms with Crippen molar-refractivity contribution < 1.29 is 28.8 Å². The third-order valence-corrected chi connectivity index (χ3v) is 6.76. The van der Waals surface area contributed by atoms with E-state index in [4.69, 9.17) is 18.9 Å². The zero-order valence-electron chi connectivity index (χ0n) is 15.0. The van der Waals surface area contributed by atoms with Crippen LogP contribution in [0.1, 0.15) is 21.5 Å². The maximum Gasteiger partial charge on any atom is 0.195 e. The zero-order chi connectivity index (χ0) is 20.3. The number of benzene rings is 2. The van der Waals surface area contributed by atoms with E-state index in [-0.39, 0.29) is 18.0 Å². The molecule has 0 aromatic heterocycles. The number of ether oxygens (including phenoxy) is 4. The Bertz CT molecular complexity index is 882. The maximum absolute atomic E-state index is 13.4. The highest BCUT2D eigenvalue weighted by Crippen LogP contribution is 2.45. The van der Waals surface area contributed by atoms with Gasteiger partial charge in [0, 0.05) is 15.6 Å². The highest BCUT2D eigenvalue weighted by molar-refractivity contribution is 9.13. The third-order valence-electron chi connectivity index (χ3n) is 3.89. The Morgan fingerprint density at radius 2 is 1.37 bits per heavy atom. The Morgan fingerprint density at radius 1 is 0.852 bits per heavy atom. The Hall–Kier alpha value is -1.29. The molecule has 0 aliphatic heterocycles. The van der Waals surface area contributed by atoms with Crippen LogP contribution in [-0.2, 0) is 6.61 Å². The van der Waals surface area contributed by atoms with Crippen molar-refractivity contribution in [3.63, 3.8) is 0 Å². The first-order valence-electron chi connectivity index (χ1n) is 7.55. The minimum absolute atomic E-state index is 0.259. The average molecular weight is 569 g/mol. The number of carbonyl (C=O) groups is 1. The van der Waals surface area contributed by atoms with E-state index < -0.39 is 0 Å². The fourth-order valence-electron chi connectivity index (χ4n) is 2.60. The predicted octanol–water partition coefficient (Wildman–Crippen LogP) is 4.73. The molecule has 27 heavy (non-hydrogen) atoms. The molecular formula is C18H17Br3O6. The molecule has 1 N–H and O–H groups in total. The summed E-state index contributed by atoms with van der Waals surface area (Å²) in [6, 6.07) is 3.14. The van der Waals surface area contributed by atoms with Gasteiger partial charge in [0.15, 0.2) is 28.8 Å². The van der Waals surface area contributed by atoms with Crippen LogP contribution in [0.2, 0.25) is 0 Å². The van der Waals surface area contributed by atoms with Gasteiger partial charge in [-0.05, 0) is 65.5 Å². The fraction of sp³-hybridized carbons (Fsp3) is 0.278. The second kappa shape index (κ2) is 9.27. The van der Waals surface area contributed by atoms with Crippen molar-refractivity contribution in [3.8, 4) is 23.0 Å². The van der Waals surface area contributed by atoms with Crippen LogP contribution in [-0.4, -0.2) is 39.3 Å². The summed E-state index contributed by atoms with van der Waals surface area (Å²) in [6.07, 6.45) is 0. The Kier molecular flexibility index (Phi) is 7.55. The molecule has 0 saturated carbocycles. The smallest absolute Gasteiger partial charge is 0.195 e. The Balaban J connectivity index is 2.77. The molecule has 0 radical (unpaired) electrons. The molecule has 2 aromatic carbocycles.